The summed E-state index contributed by atoms with van der Waals surface area (Å²) in [6.07, 6.45) is 1.56. The number of rotatable bonds is 5. The molecule has 3 N–H and O–H groups in total. The molecule has 0 radical (unpaired) electrons. The SMILES string of the molecule is CC(CCCN)C(=O)Nc1c(Cl)cc(Br)cc1Cl. The maximum atomic E-state index is 11.9. The smallest absolute Gasteiger partial charge is 0.227 e. The summed E-state index contributed by atoms with van der Waals surface area (Å²) < 4.78 is 0.770. The lowest BCUT2D eigenvalue weighted by Gasteiger charge is -2.14. The highest BCUT2D eigenvalue weighted by Gasteiger charge is 2.16. The van der Waals surface area contributed by atoms with Gasteiger partial charge in [0.1, 0.15) is 0 Å². The zero-order valence-electron chi connectivity index (χ0n) is 9.97. The first kappa shape index (κ1) is 15.8. The van der Waals surface area contributed by atoms with Crippen LogP contribution in [0.1, 0.15) is 19.8 Å². The van der Waals surface area contributed by atoms with Crippen molar-refractivity contribution in [2.75, 3.05) is 11.9 Å². The van der Waals surface area contributed by atoms with Crippen LogP contribution in [0.3, 0.4) is 0 Å². The summed E-state index contributed by atoms with van der Waals surface area (Å²) in [5.74, 6) is -0.223. The van der Waals surface area contributed by atoms with Crippen LogP contribution in [0.25, 0.3) is 0 Å². The number of halogens is 3. The van der Waals surface area contributed by atoms with Crippen LogP contribution in [0.2, 0.25) is 10.0 Å². The Labute approximate surface area is 125 Å². The van der Waals surface area contributed by atoms with Crippen molar-refractivity contribution in [3.05, 3.63) is 26.7 Å². The molecule has 1 amide bonds. The quantitative estimate of drug-likeness (QED) is 0.838. The number of hydrogen-bond acceptors (Lipinski definition) is 2. The molecule has 0 saturated carbocycles. The van der Waals surface area contributed by atoms with E-state index < -0.39 is 0 Å². The van der Waals surface area contributed by atoms with Gasteiger partial charge in [-0.15, -0.1) is 0 Å². The van der Waals surface area contributed by atoms with Gasteiger partial charge in [0.25, 0.3) is 0 Å². The molecule has 0 bridgehead atoms. The minimum absolute atomic E-state index is 0.102. The zero-order chi connectivity index (χ0) is 13.7. The van der Waals surface area contributed by atoms with Gasteiger partial charge in [-0.3, -0.25) is 4.79 Å². The van der Waals surface area contributed by atoms with Crippen LogP contribution < -0.4 is 11.1 Å². The van der Waals surface area contributed by atoms with Crippen LogP contribution in [-0.2, 0) is 4.79 Å². The molecule has 100 valence electrons. The van der Waals surface area contributed by atoms with E-state index in [-0.39, 0.29) is 11.8 Å². The van der Waals surface area contributed by atoms with Crippen molar-refractivity contribution in [1.29, 1.82) is 0 Å². The number of nitrogens with one attached hydrogen (secondary N) is 1. The first-order valence-electron chi connectivity index (χ1n) is 5.61. The van der Waals surface area contributed by atoms with Gasteiger partial charge in [-0.2, -0.15) is 0 Å². The average Bonchev–Trinajstić information content (AvgIpc) is 2.30. The summed E-state index contributed by atoms with van der Waals surface area (Å²) >= 11 is 15.4. The molecule has 1 unspecified atom stereocenters. The minimum atomic E-state index is -0.121. The second-order valence-corrected chi connectivity index (χ2v) is 5.80. The standard InChI is InChI=1S/C12H15BrCl2N2O/c1-7(3-2-4-16)12(18)17-11-9(14)5-8(13)6-10(11)15/h5-7H,2-4,16H2,1H3,(H,17,18). The van der Waals surface area contributed by atoms with Crippen LogP contribution in [-0.4, -0.2) is 12.5 Å². The van der Waals surface area contributed by atoms with E-state index in [0.717, 1.165) is 17.3 Å². The summed E-state index contributed by atoms with van der Waals surface area (Å²) in [6.45, 7) is 2.43. The van der Waals surface area contributed by atoms with E-state index in [2.05, 4.69) is 21.2 Å². The predicted octanol–water partition coefficient (Wildman–Crippen LogP) is 4.07. The Morgan fingerprint density at radius 1 is 1.44 bits per heavy atom. The number of benzene rings is 1. The molecule has 3 nitrogen and oxygen atoms in total. The molecule has 18 heavy (non-hydrogen) atoms. The highest BCUT2D eigenvalue weighted by Crippen LogP contribution is 2.34. The molecule has 0 fully saturated rings. The van der Waals surface area contributed by atoms with Gasteiger partial charge in [0.05, 0.1) is 15.7 Å². The summed E-state index contributed by atoms with van der Waals surface area (Å²) in [6, 6.07) is 3.38. The fraction of sp³-hybridized carbons (Fsp3) is 0.417. The van der Waals surface area contributed by atoms with Crippen LogP contribution >= 0.6 is 39.1 Å². The largest absolute Gasteiger partial charge is 0.330 e. The molecule has 1 aromatic carbocycles. The first-order valence-corrected chi connectivity index (χ1v) is 7.16. The van der Waals surface area contributed by atoms with E-state index in [4.69, 9.17) is 28.9 Å². The molecule has 1 aromatic rings. The fourth-order valence-electron chi connectivity index (χ4n) is 1.46. The molecular formula is C12H15BrCl2N2O. The van der Waals surface area contributed by atoms with E-state index >= 15 is 0 Å². The topological polar surface area (TPSA) is 55.1 Å². The van der Waals surface area contributed by atoms with Crippen molar-refractivity contribution in [3.8, 4) is 0 Å². The molecule has 0 aromatic heterocycles. The highest BCUT2D eigenvalue weighted by molar-refractivity contribution is 9.10. The monoisotopic (exact) mass is 352 g/mol. The molecular weight excluding hydrogens is 339 g/mol. The van der Waals surface area contributed by atoms with Crippen molar-refractivity contribution >= 4 is 50.7 Å². The summed E-state index contributed by atoms with van der Waals surface area (Å²) in [4.78, 5) is 11.9. The van der Waals surface area contributed by atoms with Crippen molar-refractivity contribution in [3.63, 3.8) is 0 Å². The van der Waals surface area contributed by atoms with Crippen molar-refractivity contribution in [2.45, 2.75) is 19.8 Å². The first-order chi connectivity index (χ1) is 8.45. The van der Waals surface area contributed by atoms with Crippen LogP contribution in [0.5, 0.6) is 0 Å². The van der Waals surface area contributed by atoms with Gasteiger partial charge < -0.3 is 11.1 Å². The van der Waals surface area contributed by atoms with Gasteiger partial charge in [-0.25, -0.2) is 0 Å². The number of anilines is 1. The molecule has 0 spiro atoms. The Kier molecular flexibility index (Phi) is 6.43. The number of nitrogens with two attached hydrogens (primary N) is 1. The van der Waals surface area contributed by atoms with Crippen molar-refractivity contribution in [1.82, 2.24) is 0 Å². The lowest BCUT2D eigenvalue weighted by molar-refractivity contribution is -0.119. The highest BCUT2D eigenvalue weighted by atomic mass is 79.9. The lowest BCUT2D eigenvalue weighted by atomic mass is 10.0. The third kappa shape index (κ3) is 4.43. The molecule has 1 rings (SSSR count). The van der Waals surface area contributed by atoms with Crippen LogP contribution in [0, 0.1) is 5.92 Å². The van der Waals surface area contributed by atoms with Gasteiger partial charge in [0.2, 0.25) is 5.91 Å². The minimum Gasteiger partial charge on any atom is -0.330 e. The number of carbonyl (C=O) groups excluding carboxylic acids is 1. The van der Waals surface area contributed by atoms with Gasteiger partial charge in [0, 0.05) is 10.4 Å². The fourth-order valence-corrected chi connectivity index (χ4v) is 2.77. The van der Waals surface area contributed by atoms with E-state index in [1.807, 2.05) is 6.92 Å². The summed E-state index contributed by atoms with van der Waals surface area (Å²) in [7, 11) is 0. The Hall–Kier alpha value is -0.290. The molecule has 0 saturated heterocycles. The molecule has 0 heterocycles. The maximum Gasteiger partial charge on any atom is 0.227 e. The van der Waals surface area contributed by atoms with E-state index in [9.17, 15) is 4.79 Å². The molecule has 1 atom stereocenters. The van der Waals surface area contributed by atoms with Crippen molar-refractivity contribution in [2.24, 2.45) is 11.7 Å². The summed E-state index contributed by atoms with van der Waals surface area (Å²) in [5, 5.41) is 3.57. The molecule has 0 aliphatic rings. The third-order valence-electron chi connectivity index (χ3n) is 2.54. The lowest BCUT2D eigenvalue weighted by Crippen LogP contribution is -2.21. The van der Waals surface area contributed by atoms with Gasteiger partial charge in [-0.1, -0.05) is 46.1 Å². The Balaban J connectivity index is 2.76. The maximum absolute atomic E-state index is 11.9. The van der Waals surface area contributed by atoms with E-state index in [1.54, 1.807) is 12.1 Å². The Bertz CT molecular complexity index is 417. The van der Waals surface area contributed by atoms with Crippen molar-refractivity contribution < 1.29 is 4.79 Å². The Morgan fingerprint density at radius 2 is 2.00 bits per heavy atom. The average molecular weight is 354 g/mol. The second kappa shape index (κ2) is 7.34. The van der Waals surface area contributed by atoms with E-state index in [1.165, 1.54) is 0 Å². The third-order valence-corrected chi connectivity index (χ3v) is 3.60. The summed E-state index contributed by atoms with van der Waals surface area (Å²) in [5.41, 5.74) is 5.87. The van der Waals surface area contributed by atoms with Gasteiger partial charge in [0.15, 0.2) is 0 Å². The second-order valence-electron chi connectivity index (χ2n) is 4.07. The van der Waals surface area contributed by atoms with Gasteiger partial charge in [-0.05, 0) is 31.5 Å². The number of carbonyl (C=O) groups is 1. The predicted molar refractivity (Wildman–Crippen MR) is 80.2 cm³/mol. The molecule has 0 aliphatic heterocycles. The Morgan fingerprint density at radius 3 is 2.50 bits per heavy atom. The zero-order valence-corrected chi connectivity index (χ0v) is 13.1. The molecule has 0 aliphatic carbocycles. The van der Waals surface area contributed by atoms with Crippen LogP contribution in [0.15, 0.2) is 16.6 Å². The number of amides is 1. The van der Waals surface area contributed by atoms with Gasteiger partial charge >= 0.3 is 0 Å². The van der Waals surface area contributed by atoms with E-state index in [0.29, 0.717) is 22.3 Å². The number of hydrogen-bond donors (Lipinski definition) is 2. The molecule has 6 heteroatoms. The van der Waals surface area contributed by atoms with Crippen LogP contribution in [0.4, 0.5) is 5.69 Å². The normalized spacial score (nSPS) is 12.3.